The summed E-state index contributed by atoms with van der Waals surface area (Å²) in [6, 6.07) is 14.0. The lowest BCUT2D eigenvalue weighted by Crippen LogP contribution is -2.38. The van der Waals surface area contributed by atoms with Crippen LogP contribution in [0.25, 0.3) is 0 Å². The van der Waals surface area contributed by atoms with Crippen LogP contribution in [0.5, 0.6) is 5.75 Å². The van der Waals surface area contributed by atoms with Crippen LogP contribution < -0.4 is 15.4 Å². The molecule has 0 amide bonds. The van der Waals surface area contributed by atoms with Crippen molar-refractivity contribution < 1.29 is 4.74 Å². The van der Waals surface area contributed by atoms with Crippen molar-refractivity contribution in [2.75, 3.05) is 19.7 Å². The van der Waals surface area contributed by atoms with Gasteiger partial charge in [-0.1, -0.05) is 24.3 Å². The molecule has 0 saturated heterocycles. The van der Waals surface area contributed by atoms with Crippen molar-refractivity contribution >= 4 is 5.96 Å². The number of aliphatic imine (C=N–C) groups is 1. The summed E-state index contributed by atoms with van der Waals surface area (Å²) in [4.78, 5) is 8.98. The molecule has 5 heteroatoms. The van der Waals surface area contributed by atoms with Crippen molar-refractivity contribution in [1.82, 2.24) is 15.6 Å². The Kier molecular flexibility index (Phi) is 7.60. The highest BCUT2D eigenvalue weighted by atomic mass is 16.5. The van der Waals surface area contributed by atoms with Gasteiger partial charge in [-0.05, 0) is 32.0 Å². The predicted octanol–water partition coefficient (Wildman–Crippen LogP) is 2.78. The first-order chi connectivity index (χ1) is 11.8. The molecule has 0 atom stereocenters. The van der Waals surface area contributed by atoms with E-state index in [1.54, 1.807) is 0 Å². The number of nitrogens with one attached hydrogen (secondary N) is 2. The van der Waals surface area contributed by atoms with Crippen LogP contribution >= 0.6 is 0 Å². The van der Waals surface area contributed by atoms with E-state index in [0.29, 0.717) is 13.2 Å². The summed E-state index contributed by atoms with van der Waals surface area (Å²) in [6.07, 6.45) is 2.68. The smallest absolute Gasteiger partial charge is 0.191 e. The van der Waals surface area contributed by atoms with E-state index in [1.807, 2.05) is 55.6 Å². The molecule has 1 heterocycles. The van der Waals surface area contributed by atoms with E-state index in [9.17, 15) is 0 Å². The summed E-state index contributed by atoms with van der Waals surface area (Å²) in [7, 11) is 0. The maximum atomic E-state index is 5.65. The summed E-state index contributed by atoms with van der Waals surface area (Å²) in [6.45, 7) is 6.89. The van der Waals surface area contributed by atoms with Crippen molar-refractivity contribution in [3.8, 4) is 5.75 Å². The fourth-order valence-corrected chi connectivity index (χ4v) is 2.29. The Morgan fingerprint density at radius 2 is 1.92 bits per heavy atom. The Labute approximate surface area is 144 Å². The van der Waals surface area contributed by atoms with Gasteiger partial charge in [0.2, 0.25) is 0 Å². The number of hydrogen-bond acceptors (Lipinski definition) is 3. The number of hydrogen-bond donors (Lipinski definition) is 2. The Morgan fingerprint density at radius 1 is 1.08 bits per heavy atom. The third kappa shape index (κ3) is 5.91. The number of pyridine rings is 1. The first-order valence-electron chi connectivity index (χ1n) is 8.46. The summed E-state index contributed by atoms with van der Waals surface area (Å²) in [5.74, 6) is 1.70. The van der Waals surface area contributed by atoms with E-state index in [2.05, 4.69) is 27.5 Å². The van der Waals surface area contributed by atoms with Crippen molar-refractivity contribution in [1.29, 1.82) is 0 Å². The minimum Gasteiger partial charge on any atom is -0.494 e. The molecule has 1 aromatic carbocycles. The highest BCUT2D eigenvalue weighted by Gasteiger charge is 2.03. The maximum absolute atomic E-state index is 5.65. The monoisotopic (exact) mass is 326 g/mol. The number of benzene rings is 1. The first-order valence-corrected chi connectivity index (χ1v) is 8.46. The lowest BCUT2D eigenvalue weighted by atomic mass is 10.2. The molecule has 0 bridgehead atoms. The molecule has 0 radical (unpaired) electrons. The molecular weight excluding hydrogens is 300 g/mol. The second-order valence-electron chi connectivity index (χ2n) is 5.23. The zero-order valence-electron chi connectivity index (χ0n) is 14.5. The molecule has 0 unspecified atom stereocenters. The lowest BCUT2D eigenvalue weighted by Gasteiger charge is -2.12. The number of nitrogens with zero attached hydrogens (tertiary/aromatic N) is 2. The fraction of sp³-hybridized carbons (Fsp3) is 0.368. The molecule has 2 rings (SSSR count). The maximum Gasteiger partial charge on any atom is 0.191 e. The first kappa shape index (κ1) is 17.8. The molecule has 0 fully saturated rings. The van der Waals surface area contributed by atoms with Crippen LogP contribution in [-0.4, -0.2) is 30.6 Å². The zero-order valence-corrected chi connectivity index (χ0v) is 14.5. The van der Waals surface area contributed by atoms with Gasteiger partial charge in [0.25, 0.3) is 0 Å². The molecule has 0 aliphatic carbocycles. The third-order valence-corrected chi connectivity index (χ3v) is 3.42. The fourth-order valence-electron chi connectivity index (χ4n) is 2.29. The largest absolute Gasteiger partial charge is 0.494 e. The molecule has 2 aromatic rings. The summed E-state index contributed by atoms with van der Waals surface area (Å²) in [5, 5.41) is 6.62. The number of para-hydroxylation sites is 1. The molecule has 1 aromatic heterocycles. The highest BCUT2D eigenvalue weighted by Crippen LogP contribution is 2.18. The van der Waals surface area contributed by atoms with E-state index in [4.69, 9.17) is 4.74 Å². The van der Waals surface area contributed by atoms with Gasteiger partial charge in [-0.15, -0.1) is 0 Å². The second-order valence-corrected chi connectivity index (χ2v) is 5.23. The number of aromatic nitrogens is 1. The molecule has 0 spiro atoms. The minimum absolute atomic E-state index is 0.578. The standard InChI is InChI=1S/C19H26N4O/c1-3-20-19(22-14-12-17-10-7-8-13-21-17)23-15-16-9-5-6-11-18(16)24-4-2/h5-11,13H,3-4,12,14-15H2,1-2H3,(H2,20,22,23). The topological polar surface area (TPSA) is 58.5 Å². The van der Waals surface area contributed by atoms with Gasteiger partial charge in [-0.25, -0.2) is 4.99 Å². The minimum atomic E-state index is 0.578. The Morgan fingerprint density at radius 3 is 2.67 bits per heavy atom. The van der Waals surface area contributed by atoms with Crippen molar-refractivity contribution in [2.45, 2.75) is 26.8 Å². The van der Waals surface area contributed by atoms with Gasteiger partial charge in [0.05, 0.1) is 13.2 Å². The molecule has 0 saturated carbocycles. The van der Waals surface area contributed by atoms with Crippen LogP contribution in [0.15, 0.2) is 53.7 Å². The van der Waals surface area contributed by atoms with Crippen LogP contribution in [0, 0.1) is 0 Å². The van der Waals surface area contributed by atoms with Crippen molar-refractivity contribution in [3.05, 3.63) is 59.9 Å². The van der Waals surface area contributed by atoms with Gasteiger partial charge in [-0.3, -0.25) is 4.98 Å². The van der Waals surface area contributed by atoms with E-state index >= 15 is 0 Å². The van der Waals surface area contributed by atoms with Crippen molar-refractivity contribution in [2.24, 2.45) is 4.99 Å². The predicted molar refractivity (Wildman–Crippen MR) is 98.4 cm³/mol. The van der Waals surface area contributed by atoms with Gasteiger partial charge < -0.3 is 15.4 Å². The van der Waals surface area contributed by atoms with Gasteiger partial charge in [0, 0.05) is 37.0 Å². The van der Waals surface area contributed by atoms with E-state index < -0.39 is 0 Å². The van der Waals surface area contributed by atoms with E-state index in [0.717, 1.165) is 42.5 Å². The molecule has 24 heavy (non-hydrogen) atoms. The molecular formula is C19H26N4O. The van der Waals surface area contributed by atoms with E-state index in [-0.39, 0.29) is 0 Å². The summed E-state index contributed by atoms with van der Waals surface area (Å²) < 4.78 is 5.65. The van der Waals surface area contributed by atoms with Crippen LogP contribution in [0.2, 0.25) is 0 Å². The van der Waals surface area contributed by atoms with Crippen LogP contribution in [0.4, 0.5) is 0 Å². The average Bonchev–Trinajstić information content (AvgIpc) is 2.62. The SMILES string of the molecule is CCNC(=NCc1ccccc1OCC)NCCc1ccccn1. The lowest BCUT2D eigenvalue weighted by molar-refractivity contribution is 0.336. The average molecular weight is 326 g/mol. The highest BCUT2D eigenvalue weighted by molar-refractivity contribution is 5.79. The van der Waals surface area contributed by atoms with Gasteiger partial charge >= 0.3 is 0 Å². The van der Waals surface area contributed by atoms with Gasteiger partial charge in [0.15, 0.2) is 5.96 Å². The van der Waals surface area contributed by atoms with Gasteiger partial charge in [-0.2, -0.15) is 0 Å². The van der Waals surface area contributed by atoms with Crippen LogP contribution in [0.1, 0.15) is 25.1 Å². The number of rotatable bonds is 8. The normalized spacial score (nSPS) is 11.2. The number of ether oxygens (including phenoxy) is 1. The molecule has 2 N–H and O–H groups in total. The zero-order chi connectivity index (χ0) is 17.0. The summed E-state index contributed by atoms with van der Waals surface area (Å²) >= 11 is 0. The Bertz CT molecular complexity index is 628. The van der Waals surface area contributed by atoms with Crippen LogP contribution in [0.3, 0.4) is 0 Å². The van der Waals surface area contributed by atoms with Crippen LogP contribution in [-0.2, 0) is 13.0 Å². The molecule has 128 valence electrons. The third-order valence-electron chi connectivity index (χ3n) is 3.42. The molecule has 5 nitrogen and oxygen atoms in total. The van der Waals surface area contributed by atoms with E-state index in [1.165, 1.54) is 0 Å². The Balaban J connectivity index is 1.93. The number of guanidine groups is 1. The quantitative estimate of drug-likeness (QED) is 0.578. The van der Waals surface area contributed by atoms with Gasteiger partial charge in [0.1, 0.15) is 5.75 Å². The molecule has 0 aliphatic heterocycles. The van der Waals surface area contributed by atoms with Crippen molar-refractivity contribution in [3.63, 3.8) is 0 Å². The summed E-state index contributed by atoms with van der Waals surface area (Å²) in [5.41, 5.74) is 2.16. The Hall–Kier alpha value is -2.56. The second kappa shape index (κ2) is 10.3. The molecule has 0 aliphatic rings.